The number of aliphatic imine (C=N–C) groups is 1. The van der Waals surface area contributed by atoms with E-state index >= 15 is 0 Å². The van der Waals surface area contributed by atoms with Crippen molar-refractivity contribution in [3.63, 3.8) is 0 Å². The van der Waals surface area contributed by atoms with Crippen LogP contribution in [0.3, 0.4) is 0 Å². The first-order valence-electron chi connectivity index (χ1n) is 10.9. The molecular weight excluding hydrogens is 368 g/mol. The van der Waals surface area contributed by atoms with Crippen LogP contribution in [0, 0.1) is 5.92 Å². The summed E-state index contributed by atoms with van der Waals surface area (Å²) in [5.41, 5.74) is 2.53. The molecule has 1 heterocycles. The van der Waals surface area contributed by atoms with Crippen molar-refractivity contribution in [1.29, 1.82) is 0 Å². The van der Waals surface area contributed by atoms with Crippen LogP contribution in [0.4, 0.5) is 0 Å². The summed E-state index contributed by atoms with van der Waals surface area (Å²) in [5.74, 6) is 1.43. The van der Waals surface area contributed by atoms with E-state index in [4.69, 9.17) is 14.5 Å². The van der Waals surface area contributed by atoms with Gasteiger partial charge in [-0.1, -0.05) is 24.3 Å². The molecule has 0 spiro atoms. The SMILES string of the molecule is CCNC(=NCc1ccccc1CN1CCOCC1)NCC(O)COCC1CC1. The summed E-state index contributed by atoms with van der Waals surface area (Å²) in [6, 6.07) is 8.48. The number of aliphatic hydroxyl groups excluding tert-OH is 1. The predicted octanol–water partition coefficient (Wildman–Crippen LogP) is 1.36. The van der Waals surface area contributed by atoms with E-state index in [0.717, 1.165) is 52.0 Å². The van der Waals surface area contributed by atoms with Gasteiger partial charge in [0.1, 0.15) is 0 Å². The van der Waals surface area contributed by atoms with Crippen LogP contribution in [0.2, 0.25) is 0 Å². The van der Waals surface area contributed by atoms with E-state index in [9.17, 15) is 5.11 Å². The molecule has 3 N–H and O–H groups in total. The average Bonchev–Trinajstić information content (AvgIpc) is 3.56. The highest BCUT2D eigenvalue weighted by molar-refractivity contribution is 5.79. The van der Waals surface area contributed by atoms with Crippen molar-refractivity contribution in [3.8, 4) is 0 Å². The number of hydrogen-bond acceptors (Lipinski definition) is 5. The van der Waals surface area contributed by atoms with E-state index < -0.39 is 6.10 Å². The summed E-state index contributed by atoms with van der Waals surface area (Å²) >= 11 is 0. The monoisotopic (exact) mass is 404 g/mol. The highest BCUT2D eigenvalue weighted by Crippen LogP contribution is 2.28. The fourth-order valence-electron chi connectivity index (χ4n) is 3.30. The van der Waals surface area contributed by atoms with Crippen LogP contribution in [0.5, 0.6) is 0 Å². The first kappa shape index (κ1) is 22.0. The molecule has 1 saturated carbocycles. The summed E-state index contributed by atoms with van der Waals surface area (Å²) in [5, 5.41) is 16.6. The topological polar surface area (TPSA) is 78.4 Å². The van der Waals surface area contributed by atoms with Crippen LogP contribution in [0.1, 0.15) is 30.9 Å². The third kappa shape index (κ3) is 8.30. The van der Waals surface area contributed by atoms with Gasteiger partial charge in [-0.2, -0.15) is 0 Å². The van der Waals surface area contributed by atoms with Gasteiger partial charge in [0, 0.05) is 39.3 Å². The van der Waals surface area contributed by atoms with Gasteiger partial charge in [-0.15, -0.1) is 0 Å². The van der Waals surface area contributed by atoms with Crippen LogP contribution in [-0.2, 0) is 22.6 Å². The fourth-order valence-corrected chi connectivity index (χ4v) is 3.30. The number of aliphatic hydroxyl groups is 1. The molecule has 1 aliphatic carbocycles. The Bertz CT molecular complexity index is 630. The lowest BCUT2D eigenvalue weighted by Gasteiger charge is -2.27. The van der Waals surface area contributed by atoms with Gasteiger partial charge in [-0.3, -0.25) is 4.90 Å². The molecule has 162 valence electrons. The molecule has 0 bridgehead atoms. The quantitative estimate of drug-likeness (QED) is 0.382. The van der Waals surface area contributed by atoms with Crippen LogP contribution in [0.25, 0.3) is 0 Å². The molecule has 1 atom stereocenters. The van der Waals surface area contributed by atoms with Crippen molar-refractivity contribution < 1.29 is 14.6 Å². The smallest absolute Gasteiger partial charge is 0.191 e. The Kier molecular flexibility index (Phi) is 9.21. The van der Waals surface area contributed by atoms with Crippen molar-refractivity contribution in [2.24, 2.45) is 10.9 Å². The fraction of sp³-hybridized carbons (Fsp3) is 0.682. The highest BCUT2D eigenvalue weighted by atomic mass is 16.5. The Morgan fingerprint density at radius 2 is 2.00 bits per heavy atom. The molecule has 7 nitrogen and oxygen atoms in total. The largest absolute Gasteiger partial charge is 0.389 e. The Morgan fingerprint density at radius 3 is 2.72 bits per heavy atom. The molecule has 1 aromatic carbocycles. The summed E-state index contributed by atoms with van der Waals surface area (Å²) in [4.78, 5) is 7.15. The molecule has 2 fully saturated rings. The summed E-state index contributed by atoms with van der Waals surface area (Å²) in [7, 11) is 0. The minimum Gasteiger partial charge on any atom is -0.389 e. The van der Waals surface area contributed by atoms with Crippen molar-refractivity contribution in [2.45, 2.75) is 39.0 Å². The van der Waals surface area contributed by atoms with E-state index in [-0.39, 0.29) is 0 Å². The van der Waals surface area contributed by atoms with Gasteiger partial charge in [-0.05, 0) is 36.8 Å². The van der Waals surface area contributed by atoms with Crippen LogP contribution >= 0.6 is 0 Å². The van der Waals surface area contributed by atoms with Crippen molar-refractivity contribution in [2.75, 3.05) is 52.6 Å². The number of morpholine rings is 1. The van der Waals surface area contributed by atoms with Crippen molar-refractivity contribution in [3.05, 3.63) is 35.4 Å². The maximum Gasteiger partial charge on any atom is 0.191 e. The number of nitrogens with zero attached hydrogens (tertiary/aromatic N) is 2. The third-order valence-corrected chi connectivity index (χ3v) is 5.23. The van der Waals surface area contributed by atoms with Gasteiger partial charge in [-0.25, -0.2) is 4.99 Å². The Labute approximate surface area is 174 Å². The lowest BCUT2D eigenvalue weighted by atomic mass is 10.1. The minimum absolute atomic E-state index is 0.366. The van der Waals surface area contributed by atoms with Gasteiger partial charge < -0.3 is 25.2 Å². The Balaban J connectivity index is 1.49. The third-order valence-electron chi connectivity index (χ3n) is 5.23. The van der Waals surface area contributed by atoms with Crippen molar-refractivity contribution in [1.82, 2.24) is 15.5 Å². The van der Waals surface area contributed by atoms with Crippen LogP contribution in [0.15, 0.2) is 29.3 Å². The maximum absolute atomic E-state index is 10.1. The molecule has 7 heteroatoms. The molecule has 1 aromatic rings. The molecule has 0 amide bonds. The summed E-state index contributed by atoms with van der Waals surface area (Å²) in [6.07, 6.45) is 1.99. The lowest BCUT2D eigenvalue weighted by Crippen LogP contribution is -2.42. The number of nitrogens with one attached hydrogen (secondary N) is 2. The van der Waals surface area contributed by atoms with E-state index in [1.807, 2.05) is 6.92 Å². The standard InChI is InChI=1S/C22H36N4O3/c1-2-23-22(25-14-21(27)17-29-16-18-7-8-18)24-13-19-5-3-4-6-20(19)15-26-9-11-28-12-10-26/h3-6,18,21,27H,2,7-17H2,1H3,(H2,23,24,25). The number of rotatable bonds is 11. The van der Waals surface area contributed by atoms with Gasteiger partial charge in [0.2, 0.25) is 0 Å². The summed E-state index contributed by atoms with van der Waals surface area (Å²) in [6.45, 7) is 9.46. The maximum atomic E-state index is 10.1. The summed E-state index contributed by atoms with van der Waals surface area (Å²) < 4.78 is 11.0. The van der Waals surface area contributed by atoms with Gasteiger partial charge in [0.25, 0.3) is 0 Å². The number of hydrogen-bond donors (Lipinski definition) is 3. The molecule has 1 saturated heterocycles. The molecule has 2 aliphatic rings. The Morgan fingerprint density at radius 1 is 1.24 bits per heavy atom. The van der Waals surface area contributed by atoms with Gasteiger partial charge in [0.05, 0.1) is 32.5 Å². The molecule has 0 aromatic heterocycles. The second-order valence-corrected chi connectivity index (χ2v) is 7.87. The minimum atomic E-state index is -0.536. The number of guanidine groups is 1. The predicted molar refractivity (Wildman–Crippen MR) is 115 cm³/mol. The van der Waals surface area contributed by atoms with Crippen LogP contribution in [-0.4, -0.2) is 74.7 Å². The average molecular weight is 405 g/mol. The van der Waals surface area contributed by atoms with Gasteiger partial charge >= 0.3 is 0 Å². The zero-order valence-corrected chi connectivity index (χ0v) is 17.6. The van der Waals surface area contributed by atoms with E-state index in [1.54, 1.807) is 0 Å². The molecular formula is C22H36N4O3. The van der Waals surface area contributed by atoms with Crippen LogP contribution < -0.4 is 10.6 Å². The zero-order valence-electron chi connectivity index (χ0n) is 17.6. The molecule has 29 heavy (non-hydrogen) atoms. The molecule has 1 aliphatic heterocycles. The molecule has 0 radical (unpaired) electrons. The lowest BCUT2D eigenvalue weighted by molar-refractivity contribution is 0.0340. The first-order chi connectivity index (χ1) is 14.2. The second-order valence-electron chi connectivity index (χ2n) is 7.87. The molecule has 3 rings (SSSR count). The zero-order chi connectivity index (χ0) is 20.3. The number of ether oxygens (including phenoxy) is 2. The normalized spacial score (nSPS) is 19.2. The molecule has 1 unspecified atom stereocenters. The highest BCUT2D eigenvalue weighted by Gasteiger charge is 2.21. The first-order valence-corrected chi connectivity index (χ1v) is 10.9. The Hall–Kier alpha value is -1.67. The van der Waals surface area contributed by atoms with Gasteiger partial charge in [0.15, 0.2) is 5.96 Å². The van der Waals surface area contributed by atoms with E-state index in [2.05, 4.69) is 39.8 Å². The second kappa shape index (κ2) is 12.1. The van der Waals surface area contributed by atoms with E-state index in [1.165, 1.54) is 24.0 Å². The van der Waals surface area contributed by atoms with E-state index in [0.29, 0.717) is 25.6 Å². The number of benzene rings is 1. The van der Waals surface area contributed by atoms with Crippen molar-refractivity contribution >= 4 is 5.96 Å².